The van der Waals surface area contributed by atoms with Gasteiger partial charge in [-0.15, -0.1) is 0 Å². The summed E-state index contributed by atoms with van der Waals surface area (Å²) in [6.07, 6.45) is 1.63. The van der Waals surface area contributed by atoms with E-state index in [1.165, 1.54) is 4.68 Å². The number of methoxy groups -OCH3 is 1. The molecule has 2 heterocycles. The first kappa shape index (κ1) is 20.2. The molecule has 8 heteroatoms. The third kappa shape index (κ3) is 3.85. The van der Waals surface area contributed by atoms with E-state index in [0.717, 1.165) is 5.56 Å². The number of anilines is 2. The molecule has 0 aliphatic carbocycles. The molecule has 3 N–H and O–H groups in total. The Kier molecular flexibility index (Phi) is 5.16. The second-order valence-electron chi connectivity index (χ2n) is 7.30. The lowest BCUT2D eigenvalue weighted by Crippen LogP contribution is -2.14. The molecule has 0 saturated heterocycles. The van der Waals surface area contributed by atoms with E-state index in [1.807, 2.05) is 66.7 Å². The summed E-state index contributed by atoms with van der Waals surface area (Å²) in [4.78, 5) is 22.6. The van der Waals surface area contributed by atoms with Crippen LogP contribution in [0.1, 0.15) is 15.9 Å². The lowest BCUT2D eigenvalue weighted by molar-refractivity contribution is 0.102. The van der Waals surface area contributed by atoms with Crippen molar-refractivity contribution in [2.45, 2.75) is 0 Å². The molecule has 0 saturated carbocycles. The predicted molar refractivity (Wildman–Crippen MR) is 130 cm³/mol. The van der Waals surface area contributed by atoms with Crippen LogP contribution >= 0.6 is 0 Å². The zero-order valence-electron chi connectivity index (χ0n) is 17.8. The van der Waals surface area contributed by atoms with E-state index in [4.69, 9.17) is 15.5 Å². The van der Waals surface area contributed by atoms with Gasteiger partial charge in [-0.1, -0.05) is 42.5 Å². The van der Waals surface area contributed by atoms with Crippen molar-refractivity contribution in [3.05, 3.63) is 90.0 Å². The molecular weight excluding hydrogens is 416 g/mol. The average Bonchev–Trinajstić information content (AvgIpc) is 3.12. The molecular formula is C25H20N6O2. The van der Waals surface area contributed by atoms with Crippen molar-refractivity contribution in [2.75, 3.05) is 18.2 Å². The van der Waals surface area contributed by atoms with Gasteiger partial charge in [0.15, 0.2) is 5.65 Å². The minimum atomic E-state index is -0.386. The number of nitrogens with one attached hydrogen (secondary N) is 1. The summed E-state index contributed by atoms with van der Waals surface area (Å²) in [7, 11) is 1.60. The Morgan fingerprint density at radius 1 is 1.00 bits per heavy atom. The minimum absolute atomic E-state index is 0.146. The number of para-hydroxylation sites is 3. The first-order valence-electron chi connectivity index (χ1n) is 10.3. The van der Waals surface area contributed by atoms with Crippen molar-refractivity contribution in [2.24, 2.45) is 5.10 Å². The quantitative estimate of drug-likeness (QED) is 0.399. The minimum Gasteiger partial charge on any atom is -0.497 e. The van der Waals surface area contributed by atoms with Crippen LogP contribution in [-0.2, 0) is 0 Å². The Labute approximate surface area is 189 Å². The van der Waals surface area contributed by atoms with Crippen LogP contribution in [0.2, 0.25) is 0 Å². The van der Waals surface area contributed by atoms with Crippen LogP contribution in [0.5, 0.6) is 5.75 Å². The average molecular weight is 436 g/mol. The first-order valence-corrected chi connectivity index (χ1v) is 10.3. The molecule has 2 aromatic heterocycles. The standard InChI is InChI=1S/C25H20N6O2/c1-33-18-11-7-8-16(14-18)15-27-31-23(26)21(25(32)28-17-9-3-2-4-10-17)22-24(31)30-20-13-6-5-12-19(20)29-22/h2-15H,26H2,1H3,(H,28,32)/b27-15+. The fraction of sp³-hybridized carbons (Fsp3) is 0.0400. The van der Waals surface area contributed by atoms with Crippen molar-refractivity contribution >= 4 is 45.8 Å². The number of nitrogens with two attached hydrogens (primary N) is 1. The van der Waals surface area contributed by atoms with E-state index in [2.05, 4.69) is 15.4 Å². The summed E-state index contributed by atoms with van der Waals surface area (Å²) in [6, 6.07) is 24.0. The van der Waals surface area contributed by atoms with Gasteiger partial charge in [0.05, 0.1) is 24.4 Å². The van der Waals surface area contributed by atoms with Gasteiger partial charge in [-0.2, -0.15) is 9.78 Å². The van der Waals surface area contributed by atoms with E-state index < -0.39 is 0 Å². The molecule has 3 aromatic carbocycles. The highest BCUT2D eigenvalue weighted by Crippen LogP contribution is 2.28. The predicted octanol–water partition coefficient (Wildman–Crippen LogP) is 4.31. The van der Waals surface area contributed by atoms with Gasteiger partial charge in [-0.25, -0.2) is 9.97 Å². The molecule has 0 spiro atoms. The summed E-state index contributed by atoms with van der Waals surface area (Å²) >= 11 is 0. The molecule has 0 unspecified atom stereocenters. The van der Waals surface area contributed by atoms with Crippen LogP contribution in [0.3, 0.4) is 0 Å². The second-order valence-corrected chi connectivity index (χ2v) is 7.30. The maximum atomic E-state index is 13.2. The zero-order chi connectivity index (χ0) is 22.8. The van der Waals surface area contributed by atoms with Crippen molar-refractivity contribution < 1.29 is 9.53 Å². The number of amides is 1. The largest absolute Gasteiger partial charge is 0.497 e. The zero-order valence-corrected chi connectivity index (χ0v) is 17.8. The molecule has 0 fully saturated rings. The van der Waals surface area contributed by atoms with Crippen LogP contribution in [0.25, 0.3) is 22.2 Å². The first-order chi connectivity index (χ1) is 16.1. The number of fused-ring (bicyclic) bond motifs is 2. The van der Waals surface area contributed by atoms with E-state index >= 15 is 0 Å². The molecule has 5 aromatic rings. The van der Waals surface area contributed by atoms with E-state index in [1.54, 1.807) is 25.5 Å². The number of nitrogens with zero attached hydrogens (tertiary/aromatic N) is 4. The monoisotopic (exact) mass is 436 g/mol. The van der Waals surface area contributed by atoms with E-state index in [-0.39, 0.29) is 17.3 Å². The Hall–Kier alpha value is -4.72. The highest BCUT2D eigenvalue weighted by Gasteiger charge is 2.24. The van der Waals surface area contributed by atoms with Gasteiger partial charge in [0.25, 0.3) is 5.91 Å². The Morgan fingerprint density at radius 3 is 2.48 bits per heavy atom. The van der Waals surface area contributed by atoms with E-state index in [9.17, 15) is 4.79 Å². The fourth-order valence-electron chi connectivity index (χ4n) is 3.55. The molecule has 0 aliphatic heterocycles. The van der Waals surface area contributed by atoms with Gasteiger partial charge < -0.3 is 15.8 Å². The molecule has 0 aliphatic rings. The number of rotatable bonds is 5. The molecule has 33 heavy (non-hydrogen) atoms. The normalized spacial score (nSPS) is 11.3. The lowest BCUT2D eigenvalue weighted by Gasteiger charge is -2.05. The fourth-order valence-corrected chi connectivity index (χ4v) is 3.55. The summed E-state index contributed by atoms with van der Waals surface area (Å²) in [5, 5.41) is 7.40. The smallest absolute Gasteiger partial charge is 0.261 e. The van der Waals surface area contributed by atoms with Crippen LogP contribution < -0.4 is 15.8 Å². The van der Waals surface area contributed by atoms with Gasteiger partial charge in [-0.3, -0.25) is 4.79 Å². The van der Waals surface area contributed by atoms with Gasteiger partial charge in [0.1, 0.15) is 22.6 Å². The van der Waals surface area contributed by atoms with Crippen molar-refractivity contribution in [3.8, 4) is 5.75 Å². The van der Waals surface area contributed by atoms with Gasteiger partial charge in [0.2, 0.25) is 0 Å². The number of hydrogen-bond acceptors (Lipinski definition) is 6. The number of nitrogen functional groups attached to an aromatic ring is 1. The molecule has 8 nitrogen and oxygen atoms in total. The van der Waals surface area contributed by atoms with Crippen molar-refractivity contribution in [3.63, 3.8) is 0 Å². The van der Waals surface area contributed by atoms with Crippen LogP contribution in [0.4, 0.5) is 11.5 Å². The molecule has 162 valence electrons. The highest BCUT2D eigenvalue weighted by molar-refractivity contribution is 6.16. The second kappa shape index (κ2) is 8.43. The molecule has 1 amide bonds. The van der Waals surface area contributed by atoms with Crippen LogP contribution in [0, 0.1) is 0 Å². The summed E-state index contributed by atoms with van der Waals surface area (Å²) in [5.41, 5.74) is 10.2. The lowest BCUT2D eigenvalue weighted by atomic mass is 10.2. The third-order valence-electron chi connectivity index (χ3n) is 5.15. The molecule has 0 radical (unpaired) electrons. The van der Waals surface area contributed by atoms with Gasteiger partial charge in [-0.05, 0) is 42.0 Å². The third-order valence-corrected chi connectivity index (χ3v) is 5.15. The maximum Gasteiger partial charge on any atom is 0.261 e. The topological polar surface area (TPSA) is 107 Å². The molecule has 0 atom stereocenters. The number of benzene rings is 3. The summed E-state index contributed by atoms with van der Waals surface area (Å²) < 4.78 is 6.71. The number of carbonyl (C=O) groups excluding carboxylic acids is 1. The number of aromatic nitrogens is 3. The highest BCUT2D eigenvalue weighted by atomic mass is 16.5. The van der Waals surface area contributed by atoms with Gasteiger partial charge in [0, 0.05) is 5.69 Å². The van der Waals surface area contributed by atoms with E-state index in [0.29, 0.717) is 33.6 Å². The number of ether oxygens (including phenoxy) is 1. The van der Waals surface area contributed by atoms with Crippen LogP contribution in [-0.4, -0.2) is 33.9 Å². The summed E-state index contributed by atoms with van der Waals surface area (Å²) in [6.45, 7) is 0. The maximum absolute atomic E-state index is 13.2. The Balaban J connectivity index is 1.66. The van der Waals surface area contributed by atoms with Crippen LogP contribution in [0.15, 0.2) is 84.0 Å². The Bertz CT molecular complexity index is 1510. The van der Waals surface area contributed by atoms with Gasteiger partial charge >= 0.3 is 0 Å². The number of hydrogen-bond donors (Lipinski definition) is 2. The van der Waals surface area contributed by atoms with Crippen molar-refractivity contribution in [1.82, 2.24) is 14.6 Å². The molecule has 5 rings (SSSR count). The summed E-state index contributed by atoms with van der Waals surface area (Å²) in [5.74, 6) is 0.467. The van der Waals surface area contributed by atoms with Crippen molar-refractivity contribution in [1.29, 1.82) is 0 Å². The molecule has 0 bridgehead atoms. The Morgan fingerprint density at radius 2 is 1.73 bits per heavy atom. The number of carbonyl (C=O) groups is 1. The SMILES string of the molecule is COc1cccc(/C=N/n2c(N)c(C(=O)Nc3ccccc3)c3nc4ccccc4nc32)c1.